The van der Waals surface area contributed by atoms with Crippen molar-refractivity contribution in [3.05, 3.63) is 50.1 Å². The van der Waals surface area contributed by atoms with E-state index in [9.17, 15) is 50.1 Å². The third-order valence-corrected chi connectivity index (χ3v) is 8.06. The Hall–Kier alpha value is -5.13. The quantitative estimate of drug-likeness (QED) is 0.114. The van der Waals surface area contributed by atoms with Crippen molar-refractivity contribution in [2.24, 2.45) is 0 Å². The van der Waals surface area contributed by atoms with Gasteiger partial charge in [0.15, 0.2) is 17.3 Å². The largest absolute Gasteiger partial charge is 0.507 e. The van der Waals surface area contributed by atoms with Gasteiger partial charge in [0.25, 0.3) is 0 Å². The molecule has 0 atom stereocenters. The normalized spacial score (nSPS) is 11.0. The lowest BCUT2D eigenvalue weighted by molar-refractivity contribution is 0.0967. The van der Waals surface area contributed by atoms with Gasteiger partial charge in [0, 0.05) is 59.1 Å². The molecule has 0 fully saturated rings. The highest BCUT2D eigenvalue weighted by atomic mass is 16.5. The standard InChI is InChI=1S/C34H40O12/c1-8-10-21(36)24-30(42)19(12-17-26(38)14(3)33(45-6)23(16(5)35)29(17)41)28(40)20(31(24)43)13-18-27(39)15(4)34(46-7)25(32(18)44)22(37)11-9-2/h38-44H,8-13H2,1-7H3. The van der Waals surface area contributed by atoms with Crippen molar-refractivity contribution in [1.29, 1.82) is 0 Å². The fraction of sp³-hybridized carbons (Fsp3) is 0.382. The van der Waals surface area contributed by atoms with E-state index in [2.05, 4.69) is 0 Å². The average molecular weight is 641 g/mol. The number of hydrogen-bond acceptors (Lipinski definition) is 12. The van der Waals surface area contributed by atoms with Crippen LogP contribution in [0.2, 0.25) is 0 Å². The lowest BCUT2D eigenvalue weighted by Crippen LogP contribution is -2.09. The highest BCUT2D eigenvalue weighted by Gasteiger charge is 2.33. The summed E-state index contributed by atoms with van der Waals surface area (Å²) in [7, 11) is 2.51. The Labute approximate surface area is 266 Å². The molecule has 0 aromatic heterocycles. The Morgan fingerprint density at radius 2 is 0.848 bits per heavy atom. The van der Waals surface area contributed by atoms with Crippen molar-refractivity contribution < 1.29 is 59.6 Å². The zero-order chi connectivity index (χ0) is 34.8. The molecule has 3 rings (SSSR count). The number of rotatable bonds is 13. The van der Waals surface area contributed by atoms with Gasteiger partial charge in [-0.25, -0.2) is 0 Å². The average Bonchev–Trinajstić information content (AvgIpc) is 2.99. The number of phenolic OH excluding ortho intramolecular Hbond substituents is 7. The SMILES string of the molecule is CCCC(=O)c1c(O)c(Cc2c(O)c(C)c(OC)c(C(C)=O)c2O)c(O)c(Cc2c(O)c(C)c(OC)c(C(=O)CCC)c2O)c1O. The molecular weight excluding hydrogens is 600 g/mol. The van der Waals surface area contributed by atoms with Gasteiger partial charge in [-0.1, -0.05) is 13.8 Å². The van der Waals surface area contributed by atoms with Gasteiger partial charge in [0.05, 0.1) is 14.2 Å². The van der Waals surface area contributed by atoms with Gasteiger partial charge in [-0.15, -0.1) is 0 Å². The number of aromatic hydroxyl groups is 7. The molecule has 248 valence electrons. The Morgan fingerprint density at radius 1 is 0.522 bits per heavy atom. The summed E-state index contributed by atoms with van der Waals surface area (Å²) in [6.07, 6.45) is -0.583. The van der Waals surface area contributed by atoms with Crippen LogP contribution in [0.3, 0.4) is 0 Å². The third-order valence-electron chi connectivity index (χ3n) is 8.06. The van der Waals surface area contributed by atoms with E-state index >= 15 is 0 Å². The molecule has 3 aromatic carbocycles. The molecule has 12 nitrogen and oxygen atoms in total. The Kier molecular flexibility index (Phi) is 10.7. The van der Waals surface area contributed by atoms with Crippen LogP contribution in [-0.2, 0) is 12.8 Å². The van der Waals surface area contributed by atoms with E-state index in [0.29, 0.717) is 12.8 Å². The molecule has 3 aromatic rings. The molecule has 0 aliphatic rings. The van der Waals surface area contributed by atoms with Crippen LogP contribution in [0.15, 0.2) is 0 Å². The first-order valence-electron chi connectivity index (χ1n) is 14.7. The van der Waals surface area contributed by atoms with Crippen LogP contribution in [0.1, 0.15) is 111 Å². The van der Waals surface area contributed by atoms with Crippen molar-refractivity contribution in [1.82, 2.24) is 0 Å². The van der Waals surface area contributed by atoms with E-state index in [0.717, 1.165) is 0 Å². The fourth-order valence-electron chi connectivity index (χ4n) is 5.69. The summed E-state index contributed by atoms with van der Waals surface area (Å²) in [5, 5.41) is 78.5. The van der Waals surface area contributed by atoms with Gasteiger partial charge in [0.1, 0.15) is 68.4 Å². The first kappa shape index (κ1) is 35.4. The molecule has 0 heterocycles. The third kappa shape index (κ3) is 5.94. The number of carbonyl (C=O) groups is 3. The van der Waals surface area contributed by atoms with Crippen LogP contribution in [0.25, 0.3) is 0 Å². The van der Waals surface area contributed by atoms with E-state index < -0.39 is 87.1 Å². The summed E-state index contributed by atoms with van der Waals surface area (Å²) in [5.41, 5.74) is -2.28. The molecule has 12 heteroatoms. The maximum absolute atomic E-state index is 13.2. The number of hydrogen-bond donors (Lipinski definition) is 7. The molecule has 0 saturated carbocycles. The van der Waals surface area contributed by atoms with Crippen molar-refractivity contribution in [2.75, 3.05) is 14.2 Å². The summed E-state index contributed by atoms with van der Waals surface area (Å²) < 4.78 is 10.5. The number of methoxy groups -OCH3 is 2. The molecule has 0 aliphatic carbocycles. The summed E-state index contributed by atoms with van der Waals surface area (Å²) >= 11 is 0. The van der Waals surface area contributed by atoms with Crippen LogP contribution >= 0.6 is 0 Å². The van der Waals surface area contributed by atoms with Gasteiger partial charge in [-0.2, -0.15) is 0 Å². The molecule has 0 bridgehead atoms. The number of benzene rings is 3. The molecular formula is C34H40O12. The molecule has 0 unspecified atom stereocenters. The van der Waals surface area contributed by atoms with Crippen LogP contribution in [-0.4, -0.2) is 67.3 Å². The van der Waals surface area contributed by atoms with Crippen LogP contribution in [0.5, 0.6) is 51.7 Å². The molecule has 0 spiro atoms. The number of ether oxygens (including phenoxy) is 2. The van der Waals surface area contributed by atoms with E-state index in [-0.39, 0.29) is 57.7 Å². The van der Waals surface area contributed by atoms with Gasteiger partial charge >= 0.3 is 0 Å². The maximum atomic E-state index is 13.2. The first-order valence-corrected chi connectivity index (χ1v) is 14.7. The Balaban J connectivity index is 2.42. The van der Waals surface area contributed by atoms with Gasteiger partial charge in [0.2, 0.25) is 0 Å². The Bertz CT molecular complexity index is 1740. The minimum absolute atomic E-state index is 0.0413. The van der Waals surface area contributed by atoms with Gasteiger partial charge < -0.3 is 45.2 Å². The molecule has 46 heavy (non-hydrogen) atoms. The smallest absolute Gasteiger partial charge is 0.170 e. The fourth-order valence-corrected chi connectivity index (χ4v) is 5.69. The van der Waals surface area contributed by atoms with Crippen molar-refractivity contribution in [3.63, 3.8) is 0 Å². The minimum Gasteiger partial charge on any atom is -0.507 e. The number of ketones is 3. The lowest BCUT2D eigenvalue weighted by Gasteiger charge is -2.22. The van der Waals surface area contributed by atoms with E-state index in [1.807, 2.05) is 0 Å². The van der Waals surface area contributed by atoms with E-state index in [4.69, 9.17) is 9.47 Å². The van der Waals surface area contributed by atoms with Crippen molar-refractivity contribution in [2.45, 2.75) is 73.1 Å². The lowest BCUT2D eigenvalue weighted by atomic mass is 9.87. The predicted octanol–water partition coefficient (Wildman–Crippen LogP) is 5.61. The Morgan fingerprint density at radius 3 is 1.22 bits per heavy atom. The molecule has 0 radical (unpaired) electrons. The second-order valence-electron chi connectivity index (χ2n) is 11.1. The summed E-state index contributed by atoms with van der Waals surface area (Å²) in [6.45, 7) is 7.50. The van der Waals surface area contributed by atoms with Crippen LogP contribution in [0, 0.1) is 13.8 Å². The zero-order valence-electron chi connectivity index (χ0n) is 26.9. The monoisotopic (exact) mass is 640 g/mol. The van der Waals surface area contributed by atoms with Crippen LogP contribution < -0.4 is 9.47 Å². The second kappa shape index (κ2) is 13.9. The molecule has 0 amide bonds. The van der Waals surface area contributed by atoms with Gasteiger partial charge in [-0.05, 0) is 33.6 Å². The highest BCUT2D eigenvalue weighted by molar-refractivity contribution is 6.04. The number of Topliss-reactive ketones (excluding diaryl/α,β-unsaturated/α-hetero) is 3. The molecule has 0 saturated heterocycles. The maximum Gasteiger partial charge on any atom is 0.170 e. The predicted molar refractivity (Wildman–Crippen MR) is 168 cm³/mol. The minimum atomic E-state index is -0.841. The highest BCUT2D eigenvalue weighted by Crippen LogP contribution is 2.51. The van der Waals surface area contributed by atoms with Crippen molar-refractivity contribution >= 4 is 17.3 Å². The van der Waals surface area contributed by atoms with Crippen LogP contribution in [0.4, 0.5) is 0 Å². The second-order valence-corrected chi connectivity index (χ2v) is 11.1. The molecule has 7 N–H and O–H groups in total. The van der Waals surface area contributed by atoms with E-state index in [1.54, 1.807) is 13.8 Å². The summed E-state index contributed by atoms with van der Waals surface area (Å²) in [6, 6.07) is 0. The summed E-state index contributed by atoms with van der Waals surface area (Å²) in [5.74, 6) is -6.80. The van der Waals surface area contributed by atoms with Crippen molar-refractivity contribution in [3.8, 4) is 51.7 Å². The zero-order valence-corrected chi connectivity index (χ0v) is 26.9. The van der Waals surface area contributed by atoms with Gasteiger partial charge in [-0.3, -0.25) is 14.4 Å². The summed E-state index contributed by atoms with van der Waals surface area (Å²) in [4.78, 5) is 38.6. The molecule has 0 aliphatic heterocycles. The van der Waals surface area contributed by atoms with E-state index in [1.165, 1.54) is 35.0 Å². The number of carbonyl (C=O) groups excluding carboxylic acids is 3. The number of phenols is 7. The topological polar surface area (TPSA) is 211 Å². The first-order chi connectivity index (χ1) is 21.6.